The molecule has 3 heteroatoms. The van der Waals surface area contributed by atoms with E-state index in [1.807, 2.05) is 0 Å². The van der Waals surface area contributed by atoms with Gasteiger partial charge in [-0.15, -0.1) is 12.4 Å². The minimum absolute atomic E-state index is 0. The number of rotatable bonds is 14. The molecule has 1 aromatic rings. The van der Waals surface area contributed by atoms with Crippen molar-refractivity contribution in [3.8, 4) is 0 Å². The van der Waals surface area contributed by atoms with Gasteiger partial charge < -0.3 is 5.11 Å². The lowest BCUT2D eigenvalue weighted by Crippen LogP contribution is -2.31. The SMILES string of the molecule is CCCCCCCCCCCCc1ccc(CN2CCC[C@@H]2CO)c(C)c1.Cl. The van der Waals surface area contributed by atoms with Gasteiger partial charge in [0.1, 0.15) is 0 Å². The first-order valence-corrected chi connectivity index (χ1v) is 11.7. The third-order valence-electron chi connectivity index (χ3n) is 6.31. The third kappa shape index (κ3) is 9.29. The molecule has 0 saturated carbocycles. The Morgan fingerprint density at radius 3 is 2.21 bits per heavy atom. The van der Waals surface area contributed by atoms with Crippen LogP contribution in [0.5, 0.6) is 0 Å². The first kappa shape index (κ1) is 25.5. The van der Waals surface area contributed by atoms with Gasteiger partial charge in [0.05, 0.1) is 6.61 Å². The lowest BCUT2D eigenvalue weighted by molar-refractivity contribution is 0.153. The van der Waals surface area contributed by atoms with Gasteiger partial charge >= 0.3 is 0 Å². The highest BCUT2D eigenvalue weighted by Crippen LogP contribution is 2.22. The monoisotopic (exact) mass is 409 g/mol. The second-order valence-corrected chi connectivity index (χ2v) is 8.64. The molecule has 1 atom stereocenters. The van der Waals surface area contributed by atoms with E-state index >= 15 is 0 Å². The number of benzene rings is 1. The van der Waals surface area contributed by atoms with Crippen molar-refractivity contribution in [3.63, 3.8) is 0 Å². The van der Waals surface area contributed by atoms with Crippen molar-refractivity contribution in [3.05, 3.63) is 34.9 Å². The Kier molecular flexibility index (Phi) is 13.9. The maximum Gasteiger partial charge on any atom is 0.0587 e. The van der Waals surface area contributed by atoms with E-state index in [0.717, 1.165) is 19.5 Å². The van der Waals surface area contributed by atoms with E-state index in [9.17, 15) is 5.11 Å². The van der Waals surface area contributed by atoms with Crippen molar-refractivity contribution in [2.24, 2.45) is 0 Å². The molecule has 1 aromatic carbocycles. The van der Waals surface area contributed by atoms with Crippen molar-refractivity contribution in [2.45, 2.75) is 110 Å². The Balaban J connectivity index is 0.00000392. The standard InChI is InChI=1S/C25H43NO.ClH/c1-3-4-5-6-7-8-9-10-11-12-14-23-16-17-24(22(2)19-23)20-26-18-13-15-25(26)21-27;/h16-17,19,25,27H,3-15,18,20-21H2,1-2H3;1H/t25-;/m1./s1. The minimum atomic E-state index is 0. The number of hydrogen-bond acceptors (Lipinski definition) is 2. The fourth-order valence-corrected chi connectivity index (χ4v) is 4.44. The van der Waals surface area contributed by atoms with E-state index in [1.54, 1.807) is 0 Å². The molecular formula is C25H44ClNO. The molecule has 1 aliphatic rings. The summed E-state index contributed by atoms with van der Waals surface area (Å²) >= 11 is 0. The van der Waals surface area contributed by atoms with Gasteiger partial charge in [-0.3, -0.25) is 4.90 Å². The number of nitrogens with zero attached hydrogens (tertiary/aromatic N) is 1. The molecule has 1 N–H and O–H groups in total. The van der Waals surface area contributed by atoms with Crippen LogP contribution in [0.1, 0.15) is 101 Å². The molecule has 1 heterocycles. The van der Waals surface area contributed by atoms with E-state index in [-0.39, 0.29) is 12.4 Å². The van der Waals surface area contributed by atoms with Crippen LogP contribution in [0.3, 0.4) is 0 Å². The van der Waals surface area contributed by atoms with Crippen molar-refractivity contribution in [1.82, 2.24) is 4.90 Å². The van der Waals surface area contributed by atoms with Crippen LogP contribution in [-0.2, 0) is 13.0 Å². The first-order valence-electron chi connectivity index (χ1n) is 11.7. The predicted molar refractivity (Wildman–Crippen MR) is 124 cm³/mol. The van der Waals surface area contributed by atoms with Gasteiger partial charge in [-0.2, -0.15) is 0 Å². The summed E-state index contributed by atoms with van der Waals surface area (Å²) in [5.41, 5.74) is 4.35. The molecule has 0 aliphatic carbocycles. The van der Waals surface area contributed by atoms with Crippen LogP contribution in [-0.4, -0.2) is 29.2 Å². The summed E-state index contributed by atoms with van der Waals surface area (Å²) in [6, 6.07) is 7.43. The maximum absolute atomic E-state index is 9.51. The summed E-state index contributed by atoms with van der Waals surface area (Å²) in [6.45, 7) is 6.97. The average Bonchev–Trinajstić information content (AvgIpc) is 3.12. The third-order valence-corrected chi connectivity index (χ3v) is 6.31. The second kappa shape index (κ2) is 15.3. The molecule has 162 valence electrons. The summed E-state index contributed by atoms with van der Waals surface area (Å²) in [6.07, 6.45) is 17.6. The molecule has 1 aliphatic heterocycles. The Morgan fingerprint density at radius 2 is 1.61 bits per heavy atom. The summed E-state index contributed by atoms with van der Waals surface area (Å²) in [5, 5.41) is 9.51. The zero-order valence-electron chi connectivity index (χ0n) is 18.4. The average molecular weight is 410 g/mol. The van der Waals surface area contributed by atoms with E-state index in [2.05, 4.69) is 36.9 Å². The molecule has 0 spiro atoms. The fourth-order valence-electron chi connectivity index (χ4n) is 4.44. The molecule has 28 heavy (non-hydrogen) atoms. The van der Waals surface area contributed by atoms with E-state index in [0.29, 0.717) is 12.6 Å². The number of likely N-dealkylation sites (tertiary alicyclic amines) is 1. The first-order chi connectivity index (χ1) is 13.2. The van der Waals surface area contributed by atoms with Gasteiger partial charge in [0.2, 0.25) is 0 Å². The second-order valence-electron chi connectivity index (χ2n) is 8.64. The summed E-state index contributed by atoms with van der Waals surface area (Å²) in [5.74, 6) is 0. The normalized spacial score (nSPS) is 17.0. The van der Waals surface area contributed by atoms with Gasteiger partial charge in [0.15, 0.2) is 0 Å². The lowest BCUT2D eigenvalue weighted by Gasteiger charge is -2.23. The summed E-state index contributed by atoms with van der Waals surface area (Å²) < 4.78 is 0. The van der Waals surface area contributed by atoms with Gasteiger partial charge in [0, 0.05) is 12.6 Å². The number of halogens is 1. The Labute approximate surface area is 180 Å². The van der Waals surface area contributed by atoms with Crippen LogP contribution in [0.2, 0.25) is 0 Å². The van der Waals surface area contributed by atoms with Crippen LogP contribution < -0.4 is 0 Å². The zero-order valence-corrected chi connectivity index (χ0v) is 19.2. The topological polar surface area (TPSA) is 23.5 Å². The Hall–Kier alpha value is -0.570. The van der Waals surface area contributed by atoms with Crippen molar-refractivity contribution in [1.29, 1.82) is 0 Å². The molecule has 0 unspecified atom stereocenters. The number of aryl methyl sites for hydroxylation is 2. The number of unbranched alkanes of at least 4 members (excludes halogenated alkanes) is 9. The Bertz CT molecular complexity index is 519. The molecule has 2 nitrogen and oxygen atoms in total. The minimum Gasteiger partial charge on any atom is -0.395 e. The van der Waals surface area contributed by atoms with Crippen LogP contribution in [0, 0.1) is 6.92 Å². The zero-order chi connectivity index (χ0) is 19.3. The predicted octanol–water partition coefficient (Wildman–Crippen LogP) is 6.84. The maximum atomic E-state index is 9.51. The molecule has 2 rings (SSSR count). The van der Waals surface area contributed by atoms with Crippen molar-refractivity contribution >= 4 is 12.4 Å². The fraction of sp³-hybridized carbons (Fsp3) is 0.760. The number of aliphatic hydroxyl groups is 1. The summed E-state index contributed by atoms with van der Waals surface area (Å²) in [7, 11) is 0. The highest BCUT2D eigenvalue weighted by molar-refractivity contribution is 5.85. The highest BCUT2D eigenvalue weighted by Gasteiger charge is 2.23. The molecule has 0 amide bonds. The molecular weight excluding hydrogens is 366 g/mol. The summed E-state index contributed by atoms with van der Waals surface area (Å²) in [4.78, 5) is 2.45. The van der Waals surface area contributed by atoms with Crippen molar-refractivity contribution in [2.75, 3.05) is 13.2 Å². The lowest BCUT2D eigenvalue weighted by atomic mass is 9.99. The smallest absolute Gasteiger partial charge is 0.0587 e. The Morgan fingerprint density at radius 1 is 0.964 bits per heavy atom. The van der Waals surface area contributed by atoms with Crippen LogP contribution in [0.25, 0.3) is 0 Å². The van der Waals surface area contributed by atoms with Gasteiger partial charge in [-0.25, -0.2) is 0 Å². The van der Waals surface area contributed by atoms with Crippen molar-refractivity contribution < 1.29 is 5.11 Å². The van der Waals surface area contributed by atoms with E-state index in [4.69, 9.17) is 0 Å². The van der Waals surface area contributed by atoms with Crippen LogP contribution >= 0.6 is 12.4 Å². The van der Waals surface area contributed by atoms with Gasteiger partial charge in [0.25, 0.3) is 0 Å². The number of aliphatic hydroxyl groups excluding tert-OH is 1. The van der Waals surface area contributed by atoms with E-state index < -0.39 is 0 Å². The number of hydrogen-bond donors (Lipinski definition) is 1. The molecule has 0 aromatic heterocycles. The molecule has 1 saturated heterocycles. The molecule has 0 radical (unpaired) electrons. The van der Waals surface area contributed by atoms with Gasteiger partial charge in [-0.05, 0) is 55.8 Å². The highest BCUT2D eigenvalue weighted by atomic mass is 35.5. The van der Waals surface area contributed by atoms with Gasteiger partial charge in [-0.1, -0.05) is 82.9 Å². The van der Waals surface area contributed by atoms with Crippen LogP contribution in [0.15, 0.2) is 18.2 Å². The van der Waals surface area contributed by atoms with E-state index in [1.165, 1.54) is 93.7 Å². The molecule has 1 fully saturated rings. The quantitative estimate of drug-likeness (QED) is 0.340. The molecule has 0 bridgehead atoms. The largest absolute Gasteiger partial charge is 0.395 e. The van der Waals surface area contributed by atoms with Crippen LogP contribution in [0.4, 0.5) is 0 Å².